The number of hydrogen-bond donors (Lipinski definition) is 0. The Labute approximate surface area is 185 Å². The standard InChI is InChI=1S/C26H24FN3O2/c1-4-29(25(31)21-10-6-5-9-17(21)2)18(3)24-28-23-12-8-7-11-22(23)26(32)30(24)20-15-13-19(27)14-16-20/h5-16,18H,4H2,1-3H3. The van der Waals surface area contributed by atoms with Gasteiger partial charge in [-0.15, -0.1) is 0 Å². The van der Waals surface area contributed by atoms with Crippen molar-refractivity contribution in [2.45, 2.75) is 26.8 Å². The van der Waals surface area contributed by atoms with E-state index in [-0.39, 0.29) is 11.5 Å². The van der Waals surface area contributed by atoms with E-state index in [9.17, 15) is 14.0 Å². The number of carbonyl (C=O) groups is 1. The minimum Gasteiger partial charge on any atom is -0.329 e. The highest BCUT2D eigenvalue weighted by molar-refractivity contribution is 5.95. The van der Waals surface area contributed by atoms with Crippen LogP contribution in [-0.4, -0.2) is 26.9 Å². The lowest BCUT2D eigenvalue weighted by atomic mass is 10.1. The molecule has 1 atom stereocenters. The number of hydrogen-bond acceptors (Lipinski definition) is 3. The number of aromatic nitrogens is 2. The Morgan fingerprint density at radius 2 is 1.69 bits per heavy atom. The van der Waals surface area contributed by atoms with Crippen LogP contribution in [0.25, 0.3) is 16.6 Å². The quantitative estimate of drug-likeness (QED) is 0.446. The molecule has 0 aliphatic heterocycles. The molecule has 1 amide bonds. The molecule has 0 fully saturated rings. The molecule has 0 bridgehead atoms. The highest BCUT2D eigenvalue weighted by atomic mass is 19.1. The average Bonchev–Trinajstić information content (AvgIpc) is 2.80. The number of benzene rings is 3. The number of carbonyl (C=O) groups excluding carboxylic acids is 1. The van der Waals surface area contributed by atoms with Crippen LogP contribution in [0.1, 0.15) is 41.6 Å². The van der Waals surface area contributed by atoms with Crippen LogP contribution in [0.5, 0.6) is 0 Å². The van der Waals surface area contributed by atoms with Gasteiger partial charge in [0.15, 0.2) is 0 Å². The molecule has 4 aromatic rings. The van der Waals surface area contributed by atoms with E-state index in [4.69, 9.17) is 4.98 Å². The Morgan fingerprint density at radius 1 is 1.03 bits per heavy atom. The summed E-state index contributed by atoms with van der Waals surface area (Å²) in [6.45, 7) is 6.08. The molecule has 1 unspecified atom stereocenters. The molecule has 0 saturated carbocycles. The van der Waals surface area contributed by atoms with Gasteiger partial charge in [0.05, 0.1) is 22.6 Å². The zero-order valence-corrected chi connectivity index (χ0v) is 18.2. The number of amides is 1. The van der Waals surface area contributed by atoms with Gasteiger partial charge in [0, 0.05) is 12.1 Å². The number of rotatable bonds is 5. The topological polar surface area (TPSA) is 55.2 Å². The molecule has 0 spiro atoms. The summed E-state index contributed by atoms with van der Waals surface area (Å²) in [5, 5.41) is 0.459. The van der Waals surface area contributed by atoms with Gasteiger partial charge in [-0.05, 0) is 68.8 Å². The first-order valence-corrected chi connectivity index (χ1v) is 10.6. The van der Waals surface area contributed by atoms with Crippen LogP contribution in [-0.2, 0) is 0 Å². The van der Waals surface area contributed by atoms with Crippen LogP contribution in [0.4, 0.5) is 4.39 Å². The maximum Gasteiger partial charge on any atom is 0.266 e. The molecule has 0 N–H and O–H groups in total. The first-order valence-electron chi connectivity index (χ1n) is 10.6. The van der Waals surface area contributed by atoms with Crippen molar-refractivity contribution in [2.24, 2.45) is 0 Å². The zero-order chi connectivity index (χ0) is 22.8. The van der Waals surface area contributed by atoms with E-state index in [0.29, 0.717) is 34.5 Å². The minimum atomic E-state index is -0.505. The van der Waals surface area contributed by atoms with E-state index in [1.54, 1.807) is 41.3 Å². The first-order chi connectivity index (χ1) is 15.4. The van der Waals surface area contributed by atoms with Crippen molar-refractivity contribution in [2.75, 3.05) is 6.54 Å². The number of halogens is 1. The van der Waals surface area contributed by atoms with Crippen LogP contribution in [0.3, 0.4) is 0 Å². The summed E-state index contributed by atoms with van der Waals surface area (Å²) in [7, 11) is 0. The summed E-state index contributed by atoms with van der Waals surface area (Å²) in [4.78, 5) is 33.4. The lowest BCUT2D eigenvalue weighted by Gasteiger charge is -2.30. The number of para-hydroxylation sites is 1. The third-order valence-corrected chi connectivity index (χ3v) is 5.70. The Morgan fingerprint density at radius 3 is 2.38 bits per heavy atom. The molecule has 3 aromatic carbocycles. The van der Waals surface area contributed by atoms with E-state index < -0.39 is 11.9 Å². The summed E-state index contributed by atoms with van der Waals surface area (Å²) in [5.74, 6) is -0.106. The van der Waals surface area contributed by atoms with E-state index in [2.05, 4.69) is 0 Å². The Balaban J connectivity index is 1.91. The molecule has 5 nitrogen and oxygen atoms in total. The van der Waals surface area contributed by atoms with Crippen LogP contribution < -0.4 is 5.56 Å². The molecule has 4 rings (SSSR count). The fourth-order valence-corrected chi connectivity index (χ4v) is 3.97. The molecular formula is C26H24FN3O2. The van der Waals surface area contributed by atoms with Gasteiger partial charge in [-0.2, -0.15) is 0 Å². The molecule has 0 radical (unpaired) electrons. The van der Waals surface area contributed by atoms with Crippen molar-refractivity contribution in [3.63, 3.8) is 0 Å². The van der Waals surface area contributed by atoms with Crippen molar-refractivity contribution < 1.29 is 9.18 Å². The Hall–Kier alpha value is -3.80. The molecule has 0 aliphatic rings. The van der Waals surface area contributed by atoms with Gasteiger partial charge in [0.2, 0.25) is 0 Å². The van der Waals surface area contributed by atoms with Gasteiger partial charge < -0.3 is 4.90 Å². The van der Waals surface area contributed by atoms with Gasteiger partial charge in [0.1, 0.15) is 11.6 Å². The molecule has 0 saturated heterocycles. The lowest BCUT2D eigenvalue weighted by Crippen LogP contribution is -2.37. The molecule has 162 valence electrons. The third kappa shape index (κ3) is 3.80. The Bertz CT molecular complexity index is 1350. The van der Waals surface area contributed by atoms with E-state index >= 15 is 0 Å². The van der Waals surface area contributed by atoms with E-state index in [1.807, 2.05) is 45.0 Å². The van der Waals surface area contributed by atoms with Crippen molar-refractivity contribution in [3.8, 4) is 5.69 Å². The monoisotopic (exact) mass is 429 g/mol. The highest BCUT2D eigenvalue weighted by Gasteiger charge is 2.27. The maximum atomic E-state index is 13.6. The maximum absolute atomic E-state index is 13.6. The molecule has 1 heterocycles. The van der Waals surface area contributed by atoms with E-state index in [0.717, 1.165) is 5.56 Å². The van der Waals surface area contributed by atoms with Gasteiger partial charge >= 0.3 is 0 Å². The SMILES string of the molecule is CCN(C(=O)c1ccccc1C)C(C)c1nc2ccccc2c(=O)n1-c1ccc(F)cc1. The van der Waals surface area contributed by atoms with Gasteiger partial charge in [-0.3, -0.25) is 14.2 Å². The fourth-order valence-electron chi connectivity index (χ4n) is 3.97. The van der Waals surface area contributed by atoms with Crippen LogP contribution >= 0.6 is 0 Å². The predicted octanol–water partition coefficient (Wildman–Crippen LogP) is 5.06. The molecule has 1 aromatic heterocycles. The van der Waals surface area contributed by atoms with Crippen molar-refractivity contribution >= 4 is 16.8 Å². The van der Waals surface area contributed by atoms with Crippen molar-refractivity contribution in [1.29, 1.82) is 0 Å². The number of fused-ring (bicyclic) bond motifs is 1. The van der Waals surface area contributed by atoms with Crippen molar-refractivity contribution in [1.82, 2.24) is 14.5 Å². The van der Waals surface area contributed by atoms with Crippen LogP contribution in [0, 0.1) is 12.7 Å². The fraction of sp³-hybridized carbons (Fsp3) is 0.192. The number of aryl methyl sites for hydroxylation is 1. The smallest absolute Gasteiger partial charge is 0.266 e. The van der Waals surface area contributed by atoms with E-state index in [1.165, 1.54) is 16.7 Å². The second-order valence-corrected chi connectivity index (χ2v) is 7.69. The van der Waals surface area contributed by atoms with Crippen LogP contribution in [0.2, 0.25) is 0 Å². The molecular weight excluding hydrogens is 405 g/mol. The summed E-state index contributed by atoms with van der Waals surface area (Å²) in [6.07, 6.45) is 0. The molecule has 0 aliphatic carbocycles. The normalized spacial score (nSPS) is 12.0. The Kier molecular flexibility index (Phi) is 5.86. The minimum absolute atomic E-state index is 0.133. The number of nitrogens with zero attached hydrogens (tertiary/aromatic N) is 3. The molecule has 32 heavy (non-hydrogen) atoms. The zero-order valence-electron chi connectivity index (χ0n) is 18.2. The summed E-state index contributed by atoms with van der Waals surface area (Å²) in [5.41, 5.74) is 2.28. The largest absolute Gasteiger partial charge is 0.329 e. The van der Waals surface area contributed by atoms with Gasteiger partial charge in [0.25, 0.3) is 11.5 Å². The highest BCUT2D eigenvalue weighted by Crippen LogP contribution is 2.25. The van der Waals surface area contributed by atoms with Gasteiger partial charge in [-0.1, -0.05) is 30.3 Å². The van der Waals surface area contributed by atoms with Crippen LogP contribution in [0.15, 0.2) is 77.6 Å². The van der Waals surface area contributed by atoms with Gasteiger partial charge in [-0.25, -0.2) is 9.37 Å². The predicted molar refractivity (Wildman–Crippen MR) is 124 cm³/mol. The second-order valence-electron chi connectivity index (χ2n) is 7.69. The molecule has 6 heteroatoms. The summed E-state index contributed by atoms with van der Waals surface area (Å²) >= 11 is 0. The average molecular weight is 429 g/mol. The van der Waals surface area contributed by atoms with Crippen molar-refractivity contribution in [3.05, 3.63) is 106 Å². The lowest BCUT2D eigenvalue weighted by molar-refractivity contribution is 0.0692. The first kappa shape index (κ1) is 21.4. The summed E-state index contributed by atoms with van der Waals surface area (Å²) in [6, 6.07) is 19.7. The summed E-state index contributed by atoms with van der Waals surface area (Å²) < 4.78 is 15.0. The third-order valence-electron chi connectivity index (χ3n) is 5.70. The second kappa shape index (κ2) is 8.75.